The van der Waals surface area contributed by atoms with Crippen LogP contribution in [0.15, 0.2) is 12.2 Å². The zero-order valence-corrected chi connectivity index (χ0v) is 14.8. The highest BCUT2D eigenvalue weighted by Gasteiger charge is 2.01. The van der Waals surface area contributed by atoms with Gasteiger partial charge in [0.15, 0.2) is 0 Å². The van der Waals surface area contributed by atoms with Crippen LogP contribution in [0.4, 0.5) is 0 Å². The molecule has 0 aromatic rings. The fourth-order valence-electron chi connectivity index (χ4n) is 2.66. The first-order chi connectivity index (χ1) is 10.2. The van der Waals surface area contributed by atoms with Gasteiger partial charge in [0.1, 0.15) is 6.29 Å². The van der Waals surface area contributed by atoms with Gasteiger partial charge in [-0.15, -0.1) is 0 Å². The van der Waals surface area contributed by atoms with E-state index in [1.54, 1.807) is 0 Å². The molecule has 0 saturated heterocycles. The van der Waals surface area contributed by atoms with E-state index in [0.29, 0.717) is 0 Å². The normalized spacial score (nSPS) is 13.1. The molecule has 1 atom stereocenters. The van der Waals surface area contributed by atoms with Gasteiger partial charge in [0, 0.05) is 6.42 Å². The zero-order chi connectivity index (χ0) is 15.8. The number of rotatable bonds is 15. The fraction of sp³-hybridized carbons (Fsp3) is 0.850. The molecular weight excluding hydrogens is 256 g/mol. The van der Waals surface area contributed by atoms with Crippen LogP contribution in [-0.2, 0) is 4.79 Å². The average molecular weight is 295 g/mol. The fourth-order valence-corrected chi connectivity index (χ4v) is 2.66. The van der Waals surface area contributed by atoms with Gasteiger partial charge < -0.3 is 4.79 Å². The Hall–Kier alpha value is -0.590. The lowest BCUT2D eigenvalue weighted by Crippen LogP contribution is -1.96. The van der Waals surface area contributed by atoms with Crippen LogP contribution in [0.2, 0.25) is 0 Å². The van der Waals surface area contributed by atoms with E-state index in [9.17, 15) is 4.79 Å². The number of carbonyl (C=O) groups is 1. The van der Waals surface area contributed by atoms with Crippen molar-refractivity contribution in [1.82, 2.24) is 0 Å². The molecule has 0 heterocycles. The van der Waals surface area contributed by atoms with Crippen molar-refractivity contribution in [3.63, 3.8) is 0 Å². The number of unbranched alkanes of at least 4 members (excludes halogenated alkanes) is 6. The molecule has 0 bridgehead atoms. The number of allylic oxidation sites excluding steroid dienone is 2. The second-order valence-corrected chi connectivity index (χ2v) is 6.99. The largest absolute Gasteiger partial charge is 0.303 e. The van der Waals surface area contributed by atoms with Gasteiger partial charge in [0.05, 0.1) is 0 Å². The molecule has 0 aliphatic carbocycles. The Morgan fingerprint density at radius 1 is 0.667 bits per heavy atom. The van der Waals surface area contributed by atoms with Gasteiger partial charge in [-0.3, -0.25) is 0 Å². The molecule has 0 aliphatic heterocycles. The van der Waals surface area contributed by atoms with Crippen LogP contribution >= 0.6 is 0 Å². The molecule has 21 heavy (non-hydrogen) atoms. The smallest absolute Gasteiger partial charge is 0.119 e. The van der Waals surface area contributed by atoms with Crippen LogP contribution in [0.3, 0.4) is 0 Å². The van der Waals surface area contributed by atoms with Crippen LogP contribution in [-0.4, -0.2) is 6.29 Å². The van der Waals surface area contributed by atoms with Crippen LogP contribution in [0.25, 0.3) is 0 Å². The predicted molar refractivity (Wildman–Crippen MR) is 94.6 cm³/mol. The number of aldehydes is 1. The lowest BCUT2D eigenvalue weighted by atomic mass is 9.96. The van der Waals surface area contributed by atoms with Crippen LogP contribution in [0, 0.1) is 11.8 Å². The van der Waals surface area contributed by atoms with E-state index in [4.69, 9.17) is 0 Å². The highest BCUT2D eigenvalue weighted by molar-refractivity contribution is 5.48. The van der Waals surface area contributed by atoms with Crippen molar-refractivity contribution in [2.45, 2.75) is 97.8 Å². The number of hydrogen-bond acceptors (Lipinski definition) is 1. The van der Waals surface area contributed by atoms with E-state index in [0.717, 1.165) is 31.0 Å². The molecule has 1 heteroatoms. The second-order valence-electron chi connectivity index (χ2n) is 6.99. The van der Waals surface area contributed by atoms with Gasteiger partial charge in [-0.1, -0.05) is 71.4 Å². The summed E-state index contributed by atoms with van der Waals surface area (Å²) < 4.78 is 0. The average Bonchev–Trinajstić information content (AvgIpc) is 2.44. The third-order valence-corrected chi connectivity index (χ3v) is 4.16. The lowest BCUT2D eigenvalue weighted by Gasteiger charge is -2.10. The molecule has 124 valence electrons. The van der Waals surface area contributed by atoms with Gasteiger partial charge in [-0.2, -0.15) is 0 Å². The summed E-state index contributed by atoms with van der Waals surface area (Å²) in [5.74, 6) is 1.74. The summed E-state index contributed by atoms with van der Waals surface area (Å²) in [4.78, 5) is 10.2. The summed E-state index contributed by atoms with van der Waals surface area (Å²) in [6, 6.07) is 0. The van der Waals surface area contributed by atoms with Crippen LogP contribution in [0.5, 0.6) is 0 Å². The first kappa shape index (κ1) is 20.4. The molecule has 1 nitrogen and oxygen atoms in total. The van der Waals surface area contributed by atoms with Crippen molar-refractivity contribution in [2.75, 3.05) is 0 Å². The maximum absolute atomic E-state index is 10.2. The highest BCUT2D eigenvalue weighted by Crippen LogP contribution is 2.17. The molecule has 0 aliphatic rings. The van der Waals surface area contributed by atoms with E-state index < -0.39 is 0 Å². The standard InChI is InChI=1S/C20H38O/c1-19(2)15-14-17-20(3)16-12-10-8-6-4-5-7-9-11-13-18-21/h8,10,18-20H,4-7,9,11-17H2,1-3H3/b10-8-. The van der Waals surface area contributed by atoms with Crippen molar-refractivity contribution >= 4 is 6.29 Å². The number of hydrogen-bond donors (Lipinski definition) is 0. The first-order valence-corrected chi connectivity index (χ1v) is 9.25. The highest BCUT2D eigenvalue weighted by atomic mass is 16.1. The Bertz CT molecular complexity index is 242. The minimum Gasteiger partial charge on any atom is -0.303 e. The van der Waals surface area contributed by atoms with Gasteiger partial charge >= 0.3 is 0 Å². The Morgan fingerprint density at radius 2 is 1.29 bits per heavy atom. The molecule has 0 aromatic heterocycles. The SMILES string of the molecule is CC(C)CCCC(C)CC/C=C\CCCCCCCC=O. The zero-order valence-electron chi connectivity index (χ0n) is 14.8. The summed E-state index contributed by atoms with van der Waals surface area (Å²) in [6.45, 7) is 7.03. The summed E-state index contributed by atoms with van der Waals surface area (Å²) in [5, 5.41) is 0. The summed E-state index contributed by atoms with van der Waals surface area (Å²) in [5.41, 5.74) is 0. The maximum Gasteiger partial charge on any atom is 0.119 e. The monoisotopic (exact) mass is 294 g/mol. The molecule has 0 rings (SSSR count). The van der Waals surface area contributed by atoms with Crippen molar-refractivity contribution in [1.29, 1.82) is 0 Å². The van der Waals surface area contributed by atoms with Gasteiger partial charge in [-0.25, -0.2) is 0 Å². The Morgan fingerprint density at radius 3 is 1.95 bits per heavy atom. The molecule has 0 aromatic carbocycles. The quantitative estimate of drug-likeness (QED) is 0.186. The predicted octanol–water partition coefficient (Wildman–Crippen LogP) is 6.71. The molecule has 0 N–H and O–H groups in total. The van der Waals surface area contributed by atoms with E-state index in [2.05, 4.69) is 32.9 Å². The van der Waals surface area contributed by atoms with E-state index in [-0.39, 0.29) is 0 Å². The summed E-state index contributed by atoms with van der Waals surface area (Å²) >= 11 is 0. The van der Waals surface area contributed by atoms with Crippen molar-refractivity contribution in [2.24, 2.45) is 11.8 Å². The molecule has 0 radical (unpaired) electrons. The third kappa shape index (κ3) is 17.4. The molecule has 0 fully saturated rings. The summed E-state index contributed by atoms with van der Waals surface area (Å²) in [7, 11) is 0. The molecule has 0 saturated carbocycles. The van der Waals surface area contributed by atoms with Crippen molar-refractivity contribution < 1.29 is 4.79 Å². The Balaban J connectivity index is 3.26. The number of carbonyl (C=O) groups excluding carboxylic acids is 1. The lowest BCUT2D eigenvalue weighted by molar-refractivity contribution is -0.107. The van der Waals surface area contributed by atoms with Crippen LogP contribution < -0.4 is 0 Å². The first-order valence-electron chi connectivity index (χ1n) is 9.25. The van der Waals surface area contributed by atoms with E-state index in [1.165, 1.54) is 64.2 Å². The van der Waals surface area contributed by atoms with Gasteiger partial charge in [0.2, 0.25) is 0 Å². The maximum atomic E-state index is 10.2. The van der Waals surface area contributed by atoms with E-state index >= 15 is 0 Å². The third-order valence-electron chi connectivity index (χ3n) is 4.16. The molecule has 1 unspecified atom stereocenters. The van der Waals surface area contributed by atoms with Crippen LogP contribution in [0.1, 0.15) is 97.8 Å². The Kier molecular flexibility index (Phi) is 15.3. The second kappa shape index (κ2) is 15.8. The molecule has 0 amide bonds. The Labute approximate surface area is 133 Å². The van der Waals surface area contributed by atoms with Crippen molar-refractivity contribution in [3.8, 4) is 0 Å². The molecule has 0 spiro atoms. The van der Waals surface area contributed by atoms with Gasteiger partial charge in [0.25, 0.3) is 0 Å². The van der Waals surface area contributed by atoms with Crippen molar-refractivity contribution in [3.05, 3.63) is 12.2 Å². The topological polar surface area (TPSA) is 17.1 Å². The van der Waals surface area contributed by atoms with E-state index in [1.807, 2.05) is 0 Å². The summed E-state index contributed by atoms with van der Waals surface area (Å²) in [6.07, 6.45) is 20.7. The molecular formula is C20H38O. The minimum atomic E-state index is 0.745. The van der Waals surface area contributed by atoms with Gasteiger partial charge in [-0.05, 0) is 43.9 Å². The minimum absolute atomic E-state index is 0.745.